The number of nitrogens with zero attached hydrogens (tertiary/aromatic N) is 1. The molecule has 0 aliphatic rings. The minimum Gasteiger partial charge on any atom is -0.299 e. The van der Waals surface area contributed by atoms with E-state index in [1.807, 2.05) is 24.3 Å². The monoisotopic (exact) mass is 224 g/mol. The van der Waals surface area contributed by atoms with E-state index < -0.39 is 12.1 Å². The summed E-state index contributed by atoms with van der Waals surface area (Å²) in [5.74, 6) is -0.658. The molecular formula is C10H9FN2OS. The number of hydrogen-bond donors (Lipinski definition) is 1. The summed E-state index contributed by atoms with van der Waals surface area (Å²) in [6.07, 6.45) is -1.52. The minimum atomic E-state index is -1.52. The molecular weight excluding hydrogens is 215 g/mol. The van der Waals surface area contributed by atoms with E-state index in [9.17, 15) is 9.18 Å². The number of thiazole rings is 1. The molecule has 0 radical (unpaired) electrons. The largest absolute Gasteiger partial charge is 0.299 e. The van der Waals surface area contributed by atoms with Crippen molar-refractivity contribution in [1.29, 1.82) is 0 Å². The number of benzene rings is 1. The number of halogens is 1. The van der Waals surface area contributed by atoms with Crippen LogP contribution in [0.1, 0.15) is 6.92 Å². The zero-order chi connectivity index (χ0) is 10.8. The van der Waals surface area contributed by atoms with Gasteiger partial charge in [-0.15, -0.1) is 0 Å². The van der Waals surface area contributed by atoms with Gasteiger partial charge in [-0.3, -0.25) is 10.1 Å². The fourth-order valence-corrected chi connectivity index (χ4v) is 2.00. The first kappa shape index (κ1) is 10.0. The van der Waals surface area contributed by atoms with Crippen molar-refractivity contribution >= 4 is 32.6 Å². The summed E-state index contributed by atoms with van der Waals surface area (Å²) in [5.41, 5.74) is 0.810. The van der Waals surface area contributed by atoms with E-state index >= 15 is 0 Å². The van der Waals surface area contributed by atoms with Crippen LogP contribution < -0.4 is 5.32 Å². The normalized spacial score (nSPS) is 12.7. The topological polar surface area (TPSA) is 42.0 Å². The summed E-state index contributed by atoms with van der Waals surface area (Å²) in [6, 6.07) is 7.51. The zero-order valence-corrected chi connectivity index (χ0v) is 8.84. The predicted octanol–water partition coefficient (Wildman–Crippen LogP) is 2.59. The minimum absolute atomic E-state index is 0.436. The maximum atomic E-state index is 12.6. The van der Waals surface area contributed by atoms with Gasteiger partial charge in [-0.25, -0.2) is 9.37 Å². The third kappa shape index (κ3) is 2.12. The second-order valence-electron chi connectivity index (χ2n) is 3.09. The molecule has 2 rings (SSSR count). The molecule has 0 bridgehead atoms. The maximum Gasteiger partial charge on any atom is 0.260 e. The van der Waals surface area contributed by atoms with Gasteiger partial charge in [0.1, 0.15) is 0 Å². The summed E-state index contributed by atoms with van der Waals surface area (Å²) < 4.78 is 13.6. The smallest absolute Gasteiger partial charge is 0.260 e. The molecule has 1 aromatic carbocycles. The van der Waals surface area contributed by atoms with E-state index in [2.05, 4.69) is 10.3 Å². The Bertz CT molecular complexity index is 462. The number of aromatic nitrogens is 1. The van der Waals surface area contributed by atoms with Crippen molar-refractivity contribution in [2.75, 3.05) is 5.32 Å². The fourth-order valence-electron chi connectivity index (χ4n) is 1.13. The second-order valence-corrected chi connectivity index (χ2v) is 4.12. The molecule has 1 atom stereocenters. The van der Waals surface area contributed by atoms with Crippen molar-refractivity contribution in [3.63, 3.8) is 0 Å². The summed E-state index contributed by atoms with van der Waals surface area (Å²) in [6.45, 7) is 1.20. The molecule has 0 aliphatic carbocycles. The van der Waals surface area contributed by atoms with E-state index in [0.717, 1.165) is 10.2 Å². The van der Waals surface area contributed by atoms with E-state index in [0.29, 0.717) is 5.13 Å². The van der Waals surface area contributed by atoms with Gasteiger partial charge in [-0.1, -0.05) is 23.5 Å². The van der Waals surface area contributed by atoms with Crippen molar-refractivity contribution < 1.29 is 9.18 Å². The molecule has 0 saturated carbocycles. The van der Waals surface area contributed by atoms with E-state index in [4.69, 9.17) is 0 Å². The predicted molar refractivity (Wildman–Crippen MR) is 58.8 cm³/mol. The first-order valence-electron chi connectivity index (χ1n) is 4.47. The highest BCUT2D eigenvalue weighted by Gasteiger charge is 2.13. The van der Waals surface area contributed by atoms with Crippen LogP contribution in [0, 0.1) is 0 Å². The van der Waals surface area contributed by atoms with Gasteiger partial charge < -0.3 is 0 Å². The third-order valence-electron chi connectivity index (χ3n) is 1.89. The van der Waals surface area contributed by atoms with Crippen LogP contribution in [0.3, 0.4) is 0 Å². The van der Waals surface area contributed by atoms with Gasteiger partial charge in [-0.05, 0) is 19.1 Å². The Labute approximate surface area is 89.9 Å². The number of amides is 1. The van der Waals surface area contributed by atoms with Crippen molar-refractivity contribution in [3.8, 4) is 0 Å². The quantitative estimate of drug-likeness (QED) is 0.851. The SMILES string of the molecule is CC(F)C(=O)Nc1nc2ccccc2s1. The van der Waals surface area contributed by atoms with Gasteiger partial charge in [0, 0.05) is 0 Å². The summed E-state index contributed by atoms with van der Waals surface area (Å²) >= 11 is 1.33. The molecule has 1 aromatic heterocycles. The number of alkyl halides is 1. The summed E-state index contributed by atoms with van der Waals surface area (Å²) in [4.78, 5) is 15.2. The fraction of sp³-hybridized carbons (Fsp3) is 0.200. The maximum absolute atomic E-state index is 12.6. The van der Waals surface area contributed by atoms with Crippen LogP contribution in [0.4, 0.5) is 9.52 Å². The summed E-state index contributed by atoms with van der Waals surface area (Å²) in [7, 11) is 0. The lowest BCUT2D eigenvalue weighted by molar-refractivity contribution is -0.120. The lowest BCUT2D eigenvalue weighted by Crippen LogP contribution is -2.20. The molecule has 2 aromatic rings. The van der Waals surface area contributed by atoms with Crippen LogP contribution in [0.2, 0.25) is 0 Å². The second kappa shape index (κ2) is 3.94. The van der Waals surface area contributed by atoms with Crippen LogP contribution in [0.5, 0.6) is 0 Å². The van der Waals surface area contributed by atoms with Gasteiger partial charge >= 0.3 is 0 Å². The van der Waals surface area contributed by atoms with Crippen LogP contribution in [0.15, 0.2) is 24.3 Å². The van der Waals surface area contributed by atoms with Gasteiger partial charge in [0.25, 0.3) is 5.91 Å². The standard InChI is InChI=1S/C10H9FN2OS/c1-6(11)9(14)13-10-12-7-4-2-3-5-8(7)15-10/h2-6H,1H3,(H,12,13,14). The molecule has 1 unspecified atom stereocenters. The van der Waals surface area contributed by atoms with E-state index in [-0.39, 0.29) is 0 Å². The number of nitrogens with one attached hydrogen (secondary N) is 1. The highest BCUT2D eigenvalue weighted by molar-refractivity contribution is 7.22. The number of carbonyl (C=O) groups is 1. The van der Waals surface area contributed by atoms with Gasteiger partial charge in [0.15, 0.2) is 11.3 Å². The lowest BCUT2D eigenvalue weighted by Gasteiger charge is -2.00. The van der Waals surface area contributed by atoms with Crippen molar-refractivity contribution in [2.24, 2.45) is 0 Å². The third-order valence-corrected chi connectivity index (χ3v) is 2.84. The number of fused-ring (bicyclic) bond motifs is 1. The molecule has 0 fully saturated rings. The Morgan fingerprint density at radius 1 is 1.53 bits per heavy atom. The molecule has 0 saturated heterocycles. The van der Waals surface area contributed by atoms with Crippen molar-refractivity contribution in [2.45, 2.75) is 13.1 Å². The molecule has 1 heterocycles. The van der Waals surface area contributed by atoms with E-state index in [1.165, 1.54) is 18.3 Å². The number of hydrogen-bond acceptors (Lipinski definition) is 3. The van der Waals surface area contributed by atoms with Gasteiger partial charge in [0.2, 0.25) is 0 Å². The van der Waals surface area contributed by atoms with Crippen molar-refractivity contribution in [1.82, 2.24) is 4.98 Å². The first-order chi connectivity index (χ1) is 7.16. The lowest BCUT2D eigenvalue weighted by atomic mass is 10.3. The van der Waals surface area contributed by atoms with Crippen LogP contribution in [-0.2, 0) is 4.79 Å². The Hall–Kier alpha value is -1.49. The average Bonchev–Trinajstić information content (AvgIpc) is 2.59. The first-order valence-corrected chi connectivity index (χ1v) is 5.29. The zero-order valence-electron chi connectivity index (χ0n) is 8.03. The van der Waals surface area contributed by atoms with Crippen LogP contribution in [0.25, 0.3) is 10.2 Å². The highest BCUT2D eigenvalue weighted by Crippen LogP contribution is 2.25. The molecule has 1 N–H and O–H groups in total. The molecule has 78 valence electrons. The number of para-hydroxylation sites is 1. The van der Waals surface area contributed by atoms with Crippen LogP contribution in [-0.4, -0.2) is 17.1 Å². The highest BCUT2D eigenvalue weighted by atomic mass is 32.1. The van der Waals surface area contributed by atoms with Gasteiger partial charge in [0.05, 0.1) is 10.2 Å². The Kier molecular flexibility index (Phi) is 2.64. The number of carbonyl (C=O) groups excluding carboxylic acids is 1. The Morgan fingerprint density at radius 3 is 2.93 bits per heavy atom. The molecule has 0 spiro atoms. The van der Waals surface area contributed by atoms with Gasteiger partial charge in [-0.2, -0.15) is 0 Å². The van der Waals surface area contributed by atoms with E-state index in [1.54, 1.807) is 0 Å². The van der Waals surface area contributed by atoms with Crippen molar-refractivity contribution in [3.05, 3.63) is 24.3 Å². The Morgan fingerprint density at radius 2 is 2.27 bits per heavy atom. The number of rotatable bonds is 2. The molecule has 15 heavy (non-hydrogen) atoms. The molecule has 1 amide bonds. The molecule has 0 aliphatic heterocycles. The number of anilines is 1. The molecule has 3 nitrogen and oxygen atoms in total. The summed E-state index contributed by atoms with van der Waals surface area (Å²) in [5, 5.41) is 2.86. The Balaban J connectivity index is 2.26. The average molecular weight is 224 g/mol. The molecule has 5 heteroatoms. The van der Waals surface area contributed by atoms with Crippen LogP contribution >= 0.6 is 11.3 Å².